The molecule has 10 nitrogen and oxygen atoms in total. The molecule has 2 heterocycles. The summed E-state index contributed by atoms with van der Waals surface area (Å²) in [6, 6.07) is 6.16. The first-order valence-electron chi connectivity index (χ1n) is 10.9. The molecule has 2 aromatic heterocycles. The third kappa shape index (κ3) is 5.01. The van der Waals surface area contributed by atoms with Crippen molar-refractivity contribution in [2.45, 2.75) is 51.6 Å². The maximum Gasteiger partial charge on any atom is 0.269 e. The molecule has 1 aliphatic rings. The minimum absolute atomic E-state index is 0.0251. The van der Waals surface area contributed by atoms with Crippen molar-refractivity contribution in [3.8, 4) is 0 Å². The van der Waals surface area contributed by atoms with Crippen molar-refractivity contribution in [2.75, 3.05) is 6.54 Å². The van der Waals surface area contributed by atoms with E-state index in [1.807, 2.05) is 0 Å². The number of nitrogens with one attached hydrogen (secondary N) is 1. The average Bonchev–Trinajstić information content (AvgIpc) is 3.20. The fourth-order valence-corrected chi connectivity index (χ4v) is 4.27. The number of carbonyl (C=O) groups excluding carboxylic acids is 1. The first-order chi connectivity index (χ1) is 15.5. The van der Waals surface area contributed by atoms with E-state index in [0.29, 0.717) is 42.0 Å². The van der Waals surface area contributed by atoms with Crippen molar-refractivity contribution < 1.29 is 9.72 Å². The lowest BCUT2D eigenvalue weighted by atomic mass is 9.87. The van der Waals surface area contributed by atoms with Crippen LogP contribution in [0, 0.1) is 16.0 Å². The van der Waals surface area contributed by atoms with Gasteiger partial charge < -0.3 is 5.32 Å². The zero-order valence-electron chi connectivity index (χ0n) is 17.8. The minimum atomic E-state index is -0.467. The van der Waals surface area contributed by atoms with E-state index < -0.39 is 4.92 Å². The summed E-state index contributed by atoms with van der Waals surface area (Å²) in [5.41, 5.74) is 0.791. The smallest absolute Gasteiger partial charge is 0.269 e. The van der Waals surface area contributed by atoms with Crippen LogP contribution in [-0.2, 0) is 17.9 Å². The molecule has 0 radical (unpaired) electrons. The van der Waals surface area contributed by atoms with E-state index in [9.17, 15) is 19.7 Å². The van der Waals surface area contributed by atoms with E-state index in [1.165, 1.54) is 48.5 Å². The van der Waals surface area contributed by atoms with Crippen molar-refractivity contribution >= 4 is 22.6 Å². The van der Waals surface area contributed by atoms with Gasteiger partial charge in [0.05, 0.1) is 24.2 Å². The van der Waals surface area contributed by atoms with Crippen LogP contribution in [-0.4, -0.2) is 36.7 Å². The molecular weight excluding hydrogens is 412 g/mol. The molecular formula is C22H26N6O4. The number of amides is 1. The number of benzene rings is 1. The van der Waals surface area contributed by atoms with Gasteiger partial charge in [-0.1, -0.05) is 31.4 Å². The number of nitrogens with zero attached hydrogens (tertiary/aromatic N) is 5. The quantitative estimate of drug-likeness (QED) is 0.426. The van der Waals surface area contributed by atoms with Crippen molar-refractivity contribution in [1.82, 2.24) is 24.6 Å². The lowest BCUT2D eigenvalue weighted by molar-refractivity contribution is -0.384. The Balaban J connectivity index is 1.39. The van der Waals surface area contributed by atoms with Gasteiger partial charge in [-0.05, 0) is 24.3 Å². The van der Waals surface area contributed by atoms with Crippen LogP contribution < -0.4 is 10.9 Å². The monoisotopic (exact) mass is 438 g/mol. The normalized spacial score (nSPS) is 14.5. The Morgan fingerprint density at radius 1 is 1.25 bits per heavy atom. The van der Waals surface area contributed by atoms with Gasteiger partial charge in [-0.15, -0.1) is 0 Å². The van der Waals surface area contributed by atoms with E-state index in [2.05, 4.69) is 15.4 Å². The number of rotatable bonds is 8. The summed E-state index contributed by atoms with van der Waals surface area (Å²) in [6.07, 6.45) is 9.41. The number of non-ortho nitro benzene ring substituents is 1. The SMILES string of the molecule is O=C(CC1CCCCC1)NCCn1ncc2c(=O)n(Cc3cccc([N+](=O)[O-])c3)cnc21. The predicted octanol–water partition coefficient (Wildman–Crippen LogP) is 2.64. The second-order valence-electron chi connectivity index (χ2n) is 8.27. The van der Waals surface area contributed by atoms with Crippen LogP contribution in [0.5, 0.6) is 0 Å². The highest BCUT2D eigenvalue weighted by atomic mass is 16.6. The Kier molecular flexibility index (Phi) is 6.58. The van der Waals surface area contributed by atoms with Crippen LogP contribution in [0.25, 0.3) is 11.0 Å². The first kappa shape index (κ1) is 21.7. The number of nitro benzene ring substituents is 1. The highest BCUT2D eigenvalue weighted by Gasteiger charge is 2.17. The summed E-state index contributed by atoms with van der Waals surface area (Å²) in [4.78, 5) is 39.9. The zero-order valence-corrected chi connectivity index (χ0v) is 17.8. The van der Waals surface area contributed by atoms with Crippen molar-refractivity contribution in [2.24, 2.45) is 5.92 Å². The van der Waals surface area contributed by atoms with Gasteiger partial charge in [-0.2, -0.15) is 5.10 Å². The van der Waals surface area contributed by atoms with E-state index >= 15 is 0 Å². The number of fused-ring (bicyclic) bond motifs is 1. The Bertz CT molecular complexity index is 1180. The fourth-order valence-electron chi connectivity index (χ4n) is 4.27. The van der Waals surface area contributed by atoms with Crippen LogP contribution in [0.4, 0.5) is 5.69 Å². The molecule has 0 bridgehead atoms. The first-order valence-corrected chi connectivity index (χ1v) is 10.9. The molecule has 10 heteroatoms. The standard InChI is InChI=1S/C22H26N6O4/c29-20(12-16-5-2-1-3-6-16)23-9-10-27-21-19(13-25-27)22(30)26(15-24-21)14-17-7-4-8-18(11-17)28(31)32/h4,7-8,11,13,15-16H,1-3,5-6,9-10,12,14H2,(H,23,29). The molecule has 3 aromatic rings. The van der Waals surface area contributed by atoms with E-state index in [0.717, 1.165) is 12.8 Å². The summed E-state index contributed by atoms with van der Waals surface area (Å²) in [6.45, 7) is 1.01. The number of hydrogen-bond acceptors (Lipinski definition) is 6. The molecule has 32 heavy (non-hydrogen) atoms. The van der Waals surface area contributed by atoms with Crippen molar-refractivity contribution in [1.29, 1.82) is 0 Å². The largest absolute Gasteiger partial charge is 0.354 e. The predicted molar refractivity (Wildman–Crippen MR) is 118 cm³/mol. The molecule has 0 saturated heterocycles. The second kappa shape index (κ2) is 9.71. The van der Waals surface area contributed by atoms with Gasteiger partial charge in [0, 0.05) is 25.1 Å². The highest BCUT2D eigenvalue weighted by molar-refractivity contribution is 5.76. The van der Waals surface area contributed by atoms with Gasteiger partial charge in [0.25, 0.3) is 11.2 Å². The molecule has 1 aliphatic carbocycles. The summed E-state index contributed by atoms with van der Waals surface area (Å²) < 4.78 is 3.01. The Labute approximate surface area is 184 Å². The molecule has 0 spiro atoms. The molecule has 0 aliphatic heterocycles. The van der Waals surface area contributed by atoms with Crippen molar-refractivity contribution in [3.05, 3.63) is 62.8 Å². The number of hydrogen-bond donors (Lipinski definition) is 1. The van der Waals surface area contributed by atoms with Gasteiger partial charge >= 0.3 is 0 Å². The molecule has 168 valence electrons. The lowest BCUT2D eigenvalue weighted by Crippen LogP contribution is -2.29. The molecule has 1 aromatic carbocycles. The van der Waals surface area contributed by atoms with E-state index in [-0.39, 0.29) is 23.7 Å². The third-order valence-electron chi connectivity index (χ3n) is 5.94. The highest BCUT2D eigenvalue weighted by Crippen LogP contribution is 2.26. The molecule has 1 fully saturated rings. The summed E-state index contributed by atoms with van der Waals surface area (Å²) in [5, 5.41) is 18.5. The minimum Gasteiger partial charge on any atom is -0.354 e. The molecule has 4 rings (SSSR count). The van der Waals surface area contributed by atoms with Crippen LogP contribution in [0.3, 0.4) is 0 Å². The van der Waals surface area contributed by atoms with Crippen LogP contribution in [0.15, 0.2) is 41.6 Å². The zero-order chi connectivity index (χ0) is 22.5. The summed E-state index contributed by atoms with van der Waals surface area (Å²) in [5.74, 6) is 0.543. The van der Waals surface area contributed by atoms with Gasteiger partial charge in [0.15, 0.2) is 5.65 Å². The molecule has 1 saturated carbocycles. The molecule has 1 amide bonds. The summed E-state index contributed by atoms with van der Waals surface area (Å²) in [7, 11) is 0. The Hall–Kier alpha value is -3.56. The van der Waals surface area contributed by atoms with Crippen LogP contribution in [0.1, 0.15) is 44.1 Å². The van der Waals surface area contributed by atoms with Crippen LogP contribution in [0.2, 0.25) is 0 Å². The molecule has 0 unspecified atom stereocenters. The van der Waals surface area contributed by atoms with Gasteiger partial charge in [0.2, 0.25) is 5.91 Å². The maximum absolute atomic E-state index is 12.8. The second-order valence-corrected chi connectivity index (χ2v) is 8.27. The van der Waals surface area contributed by atoms with Gasteiger partial charge in [-0.3, -0.25) is 24.3 Å². The van der Waals surface area contributed by atoms with Gasteiger partial charge in [0.1, 0.15) is 11.7 Å². The van der Waals surface area contributed by atoms with Crippen molar-refractivity contribution in [3.63, 3.8) is 0 Å². The lowest BCUT2D eigenvalue weighted by Gasteiger charge is -2.20. The number of carbonyl (C=O) groups is 1. The molecule has 1 N–H and O–H groups in total. The third-order valence-corrected chi connectivity index (χ3v) is 5.94. The Morgan fingerprint density at radius 2 is 2.06 bits per heavy atom. The molecule has 0 atom stereocenters. The van der Waals surface area contributed by atoms with E-state index in [1.54, 1.807) is 16.8 Å². The van der Waals surface area contributed by atoms with E-state index in [4.69, 9.17) is 0 Å². The number of nitro groups is 1. The van der Waals surface area contributed by atoms with Crippen LogP contribution >= 0.6 is 0 Å². The number of aromatic nitrogens is 4. The fraction of sp³-hybridized carbons (Fsp3) is 0.455. The Morgan fingerprint density at radius 3 is 2.84 bits per heavy atom. The summed E-state index contributed by atoms with van der Waals surface area (Å²) >= 11 is 0. The topological polar surface area (TPSA) is 125 Å². The van der Waals surface area contributed by atoms with Gasteiger partial charge in [-0.25, -0.2) is 9.67 Å². The maximum atomic E-state index is 12.8. The average molecular weight is 438 g/mol.